The van der Waals surface area contributed by atoms with Crippen LogP contribution in [0.5, 0.6) is 0 Å². The summed E-state index contributed by atoms with van der Waals surface area (Å²) in [5.41, 5.74) is 1.73. The van der Waals surface area contributed by atoms with Crippen LogP contribution in [0.1, 0.15) is 5.56 Å². The second-order valence-electron chi connectivity index (χ2n) is 2.94. The van der Waals surface area contributed by atoms with Crippen LogP contribution in [0, 0.1) is 22.7 Å². The minimum atomic E-state index is 0.0921. The van der Waals surface area contributed by atoms with E-state index in [9.17, 15) is 0 Å². The Kier molecular flexibility index (Phi) is 2.19. The SMILES string of the molecule is N#CC(C#N)=Cc1ccc2nccn2c1. The number of aromatic nitrogens is 2. The Morgan fingerprint density at radius 1 is 1.33 bits per heavy atom. The van der Waals surface area contributed by atoms with Gasteiger partial charge in [0.1, 0.15) is 23.4 Å². The van der Waals surface area contributed by atoms with Crippen molar-refractivity contribution in [3.63, 3.8) is 0 Å². The highest BCUT2D eigenvalue weighted by molar-refractivity contribution is 5.62. The van der Waals surface area contributed by atoms with E-state index in [1.165, 1.54) is 0 Å². The molecule has 0 unspecified atom stereocenters. The van der Waals surface area contributed by atoms with Gasteiger partial charge in [-0.15, -0.1) is 0 Å². The third-order valence-electron chi connectivity index (χ3n) is 1.96. The molecule has 4 heteroatoms. The molecule has 0 bridgehead atoms. The van der Waals surface area contributed by atoms with Crippen LogP contribution in [-0.2, 0) is 0 Å². The minimum absolute atomic E-state index is 0.0921. The van der Waals surface area contributed by atoms with Crippen LogP contribution >= 0.6 is 0 Å². The first-order chi connectivity index (χ1) is 7.33. The highest BCUT2D eigenvalue weighted by atomic mass is 15.0. The van der Waals surface area contributed by atoms with Crippen molar-refractivity contribution in [3.05, 3.63) is 41.9 Å². The van der Waals surface area contributed by atoms with Gasteiger partial charge in [-0.3, -0.25) is 0 Å². The van der Waals surface area contributed by atoms with Gasteiger partial charge in [-0.05, 0) is 23.8 Å². The molecule has 2 rings (SSSR count). The van der Waals surface area contributed by atoms with Crippen molar-refractivity contribution < 1.29 is 0 Å². The first-order valence-corrected chi connectivity index (χ1v) is 4.28. The first kappa shape index (κ1) is 8.98. The smallest absolute Gasteiger partial charge is 0.136 e. The molecule has 4 nitrogen and oxygen atoms in total. The number of pyridine rings is 1. The van der Waals surface area contributed by atoms with E-state index >= 15 is 0 Å². The third-order valence-corrected chi connectivity index (χ3v) is 1.96. The Hall–Kier alpha value is -2.59. The summed E-state index contributed by atoms with van der Waals surface area (Å²) in [7, 11) is 0. The zero-order chi connectivity index (χ0) is 10.7. The normalized spacial score (nSPS) is 9.20. The van der Waals surface area contributed by atoms with Crippen LogP contribution < -0.4 is 0 Å². The predicted octanol–water partition coefficient (Wildman–Crippen LogP) is 1.76. The summed E-state index contributed by atoms with van der Waals surface area (Å²) in [6.07, 6.45) is 6.86. The van der Waals surface area contributed by atoms with Gasteiger partial charge in [-0.1, -0.05) is 0 Å². The van der Waals surface area contributed by atoms with Gasteiger partial charge < -0.3 is 4.40 Å². The van der Waals surface area contributed by atoms with E-state index in [2.05, 4.69) is 4.98 Å². The number of rotatable bonds is 1. The monoisotopic (exact) mass is 194 g/mol. The highest BCUT2D eigenvalue weighted by Gasteiger charge is 1.96. The average Bonchev–Trinajstić information content (AvgIpc) is 2.73. The molecule has 0 fully saturated rings. The van der Waals surface area contributed by atoms with E-state index in [0.29, 0.717) is 0 Å². The van der Waals surface area contributed by atoms with Crippen molar-refractivity contribution >= 4 is 11.7 Å². The molecule has 2 aromatic heterocycles. The van der Waals surface area contributed by atoms with Crippen molar-refractivity contribution in [2.45, 2.75) is 0 Å². The molecular weight excluding hydrogens is 188 g/mol. The number of imidazole rings is 1. The number of allylic oxidation sites excluding steroid dienone is 1. The summed E-state index contributed by atoms with van der Waals surface area (Å²) in [6, 6.07) is 7.28. The first-order valence-electron chi connectivity index (χ1n) is 4.28. The van der Waals surface area contributed by atoms with Crippen LogP contribution in [0.3, 0.4) is 0 Å². The van der Waals surface area contributed by atoms with E-state index in [0.717, 1.165) is 11.2 Å². The highest BCUT2D eigenvalue weighted by Crippen LogP contribution is 2.08. The van der Waals surface area contributed by atoms with Crippen molar-refractivity contribution in [3.8, 4) is 12.1 Å². The van der Waals surface area contributed by atoms with Gasteiger partial charge in [0, 0.05) is 18.6 Å². The van der Waals surface area contributed by atoms with Gasteiger partial charge in [0.15, 0.2) is 0 Å². The summed E-state index contributed by atoms with van der Waals surface area (Å²) < 4.78 is 1.83. The summed E-state index contributed by atoms with van der Waals surface area (Å²) >= 11 is 0. The lowest BCUT2D eigenvalue weighted by molar-refractivity contribution is 1.18. The van der Waals surface area contributed by atoms with E-state index in [4.69, 9.17) is 10.5 Å². The fourth-order valence-electron chi connectivity index (χ4n) is 1.28. The van der Waals surface area contributed by atoms with Crippen molar-refractivity contribution in [1.29, 1.82) is 10.5 Å². The van der Waals surface area contributed by atoms with Crippen LogP contribution in [0.15, 0.2) is 36.3 Å². The molecule has 15 heavy (non-hydrogen) atoms. The largest absolute Gasteiger partial charge is 0.307 e. The summed E-state index contributed by atoms with van der Waals surface area (Å²) in [5, 5.41) is 17.2. The second-order valence-corrected chi connectivity index (χ2v) is 2.94. The standard InChI is InChI=1S/C11H6N4/c12-6-10(7-13)5-9-1-2-11-14-3-4-15(11)8-9/h1-5,8H. The van der Waals surface area contributed by atoms with Crippen LogP contribution in [-0.4, -0.2) is 9.38 Å². The van der Waals surface area contributed by atoms with Gasteiger partial charge in [-0.25, -0.2) is 4.98 Å². The number of hydrogen-bond donors (Lipinski definition) is 0. The maximum atomic E-state index is 8.60. The lowest BCUT2D eigenvalue weighted by Crippen LogP contribution is -1.84. The molecule has 0 N–H and O–H groups in total. The number of nitrogens with zero attached hydrogens (tertiary/aromatic N) is 4. The van der Waals surface area contributed by atoms with Gasteiger partial charge in [0.2, 0.25) is 0 Å². The summed E-state index contributed by atoms with van der Waals surface area (Å²) in [5.74, 6) is 0. The van der Waals surface area contributed by atoms with Gasteiger partial charge >= 0.3 is 0 Å². The van der Waals surface area contributed by atoms with Gasteiger partial charge in [-0.2, -0.15) is 10.5 Å². The fraction of sp³-hybridized carbons (Fsp3) is 0. The number of nitriles is 2. The van der Waals surface area contributed by atoms with Gasteiger partial charge in [0.05, 0.1) is 0 Å². The number of fused-ring (bicyclic) bond motifs is 1. The summed E-state index contributed by atoms with van der Waals surface area (Å²) in [4.78, 5) is 4.09. The zero-order valence-electron chi connectivity index (χ0n) is 7.75. The van der Waals surface area contributed by atoms with E-state index in [-0.39, 0.29) is 5.57 Å². The van der Waals surface area contributed by atoms with Crippen molar-refractivity contribution in [1.82, 2.24) is 9.38 Å². The molecule has 2 heterocycles. The molecule has 0 spiro atoms. The molecule has 70 valence electrons. The molecular formula is C11H6N4. The molecule has 0 aliphatic heterocycles. The van der Waals surface area contributed by atoms with E-state index in [1.807, 2.05) is 41.1 Å². The number of hydrogen-bond acceptors (Lipinski definition) is 3. The second kappa shape index (κ2) is 3.65. The van der Waals surface area contributed by atoms with E-state index < -0.39 is 0 Å². The molecule has 2 aromatic rings. The van der Waals surface area contributed by atoms with Crippen LogP contribution in [0.4, 0.5) is 0 Å². The van der Waals surface area contributed by atoms with Gasteiger partial charge in [0.25, 0.3) is 0 Å². The predicted molar refractivity (Wildman–Crippen MR) is 54.4 cm³/mol. The van der Waals surface area contributed by atoms with Crippen molar-refractivity contribution in [2.24, 2.45) is 0 Å². The van der Waals surface area contributed by atoms with Crippen LogP contribution in [0.25, 0.3) is 11.7 Å². The minimum Gasteiger partial charge on any atom is -0.307 e. The Labute approximate surface area is 86.3 Å². The quantitative estimate of drug-likeness (QED) is 0.650. The molecule has 0 saturated heterocycles. The maximum absolute atomic E-state index is 8.60. The molecule has 0 amide bonds. The van der Waals surface area contributed by atoms with E-state index in [1.54, 1.807) is 12.3 Å². The molecule has 0 aliphatic carbocycles. The fourth-order valence-corrected chi connectivity index (χ4v) is 1.28. The third kappa shape index (κ3) is 1.70. The molecule has 0 atom stereocenters. The Morgan fingerprint density at radius 3 is 2.87 bits per heavy atom. The Morgan fingerprint density at radius 2 is 2.13 bits per heavy atom. The molecule has 0 saturated carbocycles. The van der Waals surface area contributed by atoms with Crippen LogP contribution in [0.2, 0.25) is 0 Å². The molecule has 0 radical (unpaired) electrons. The lowest BCUT2D eigenvalue weighted by atomic mass is 10.2. The average molecular weight is 194 g/mol. The lowest BCUT2D eigenvalue weighted by Gasteiger charge is -1.95. The summed E-state index contributed by atoms with van der Waals surface area (Å²) in [6.45, 7) is 0. The molecule has 0 aromatic carbocycles. The zero-order valence-corrected chi connectivity index (χ0v) is 7.75. The van der Waals surface area contributed by atoms with Crippen molar-refractivity contribution in [2.75, 3.05) is 0 Å². The molecule has 0 aliphatic rings. The Balaban J connectivity index is 2.51. The Bertz CT molecular complexity index is 591. The maximum Gasteiger partial charge on any atom is 0.136 e. The topological polar surface area (TPSA) is 64.9 Å².